The minimum Gasteiger partial charge on any atom is -0.469 e. The predicted octanol–water partition coefficient (Wildman–Crippen LogP) is 3.89. The Hall–Kier alpha value is -4.04. The maximum Gasteiger partial charge on any atom is 0.305 e. The van der Waals surface area contributed by atoms with Crippen molar-refractivity contribution in [1.82, 2.24) is 14.8 Å². The van der Waals surface area contributed by atoms with Crippen molar-refractivity contribution in [1.29, 1.82) is 0 Å². The summed E-state index contributed by atoms with van der Waals surface area (Å²) in [6.07, 6.45) is 5.66. The third kappa shape index (κ3) is 4.40. The molecule has 172 valence electrons. The van der Waals surface area contributed by atoms with Crippen LogP contribution in [0.3, 0.4) is 0 Å². The third-order valence-corrected chi connectivity index (χ3v) is 6.02. The number of rotatable bonds is 7. The Morgan fingerprint density at radius 1 is 1.29 bits per heavy atom. The fraction of sp³-hybridized carbons (Fsp3) is 0.217. The number of esters is 1. The first-order chi connectivity index (χ1) is 16.4. The molecule has 0 saturated heterocycles. The van der Waals surface area contributed by atoms with E-state index in [1.807, 2.05) is 0 Å². The van der Waals surface area contributed by atoms with Crippen molar-refractivity contribution in [3.63, 3.8) is 0 Å². The summed E-state index contributed by atoms with van der Waals surface area (Å²) >= 11 is 1.26. The van der Waals surface area contributed by atoms with Gasteiger partial charge in [-0.3, -0.25) is 24.5 Å². The SMILES string of the molecule is C#CCSc1nnc2n1-c1ccc([N+](=O)[O-])cc1C(c1ccccc1F)=N[C@H]2CCC(=O)OC. The first-order valence-corrected chi connectivity index (χ1v) is 11.1. The van der Waals surface area contributed by atoms with Gasteiger partial charge in [-0.05, 0) is 24.6 Å². The molecule has 0 unspecified atom stereocenters. The molecular formula is C23H18FN5O4S. The second-order valence-corrected chi connectivity index (χ2v) is 8.16. The number of nitro benzene ring substituents is 1. The predicted molar refractivity (Wildman–Crippen MR) is 124 cm³/mol. The zero-order chi connectivity index (χ0) is 24.2. The van der Waals surface area contributed by atoms with Crippen LogP contribution in [0.15, 0.2) is 52.6 Å². The van der Waals surface area contributed by atoms with Gasteiger partial charge in [0.1, 0.15) is 11.9 Å². The van der Waals surface area contributed by atoms with Crippen molar-refractivity contribution < 1.29 is 18.8 Å². The normalized spacial score (nSPS) is 14.3. The van der Waals surface area contributed by atoms with E-state index in [4.69, 9.17) is 16.2 Å². The first-order valence-electron chi connectivity index (χ1n) is 10.1. The molecule has 1 aliphatic heterocycles. The molecule has 2 heterocycles. The number of non-ortho nitro benzene ring substituents is 1. The van der Waals surface area contributed by atoms with E-state index in [1.165, 1.54) is 37.1 Å². The van der Waals surface area contributed by atoms with Gasteiger partial charge in [-0.1, -0.05) is 29.8 Å². The maximum atomic E-state index is 14.9. The molecule has 0 bridgehead atoms. The molecule has 0 N–H and O–H groups in total. The largest absolute Gasteiger partial charge is 0.469 e. The van der Waals surface area contributed by atoms with Crippen LogP contribution in [0.1, 0.15) is 35.8 Å². The molecule has 3 aromatic rings. The standard InChI is InChI=1S/C23H18FN5O4S/c1-3-12-34-23-27-26-22-18(9-11-20(30)33-2)25-21(15-6-4-5-7-17(15)24)16-13-14(29(31)32)8-10-19(16)28(22)23/h1,4-8,10,13,18H,9,11-12H2,2H3/t18-/m0/s1. The van der Waals surface area contributed by atoms with Gasteiger partial charge in [-0.25, -0.2) is 4.39 Å². The lowest BCUT2D eigenvalue weighted by molar-refractivity contribution is -0.384. The van der Waals surface area contributed by atoms with Crippen LogP contribution in [0.2, 0.25) is 0 Å². The number of halogens is 1. The molecule has 0 amide bonds. The molecule has 2 aromatic carbocycles. The molecule has 0 aliphatic carbocycles. The average molecular weight is 479 g/mol. The Balaban J connectivity index is 1.99. The Bertz CT molecular complexity index is 1350. The highest BCUT2D eigenvalue weighted by Gasteiger charge is 2.31. The molecule has 11 heteroatoms. The minimum absolute atomic E-state index is 0.0331. The summed E-state index contributed by atoms with van der Waals surface area (Å²) in [5.41, 5.74) is 1.04. The number of thioether (sulfide) groups is 1. The second kappa shape index (κ2) is 9.84. The number of benzene rings is 2. The minimum atomic E-state index is -0.701. The number of carbonyl (C=O) groups excluding carboxylic acids is 1. The van der Waals surface area contributed by atoms with Gasteiger partial charge in [0, 0.05) is 29.7 Å². The quantitative estimate of drug-likeness (QED) is 0.166. The van der Waals surface area contributed by atoms with E-state index in [1.54, 1.807) is 28.8 Å². The summed E-state index contributed by atoms with van der Waals surface area (Å²) in [6, 6.07) is 9.59. The zero-order valence-corrected chi connectivity index (χ0v) is 18.8. The highest BCUT2D eigenvalue weighted by Crippen LogP contribution is 2.37. The van der Waals surface area contributed by atoms with Crippen LogP contribution < -0.4 is 0 Å². The fourth-order valence-corrected chi connectivity index (χ4v) is 4.28. The van der Waals surface area contributed by atoms with E-state index in [-0.39, 0.29) is 29.8 Å². The molecule has 1 atom stereocenters. The Labute approximate surface area is 198 Å². The van der Waals surface area contributed by atoms with E-state index < -0.39 is 22.8 Å². The van der Waals surface area contributed by atoms with Gasteiger partial charge < -0.3 is 4.74 Å². The molecule has 34 heavy (non-hydrogen) atoms. The van der Waals surface area contributed by atoms with Crippen molar-refractivity contribution >= 4 is 29.1 Å². The molecule has 1 aliphatic rings. The van der Waals surface area contributed by atoms with E-state index in [9.17, 15) is 19.3 Å². The van der Waals surface area contributed by atoms with E-state index in [0.717, 1.165) is 0 Å². The maximum absolute atomic E-state index is 14.9. The number of ether oxygens (including phenoxy) is 1. The van der Waals surface area contributed by atoms with Crippen LogP contribution >= 0.6 is 11.8 Å². The van der Waals surface area contributed by atoms with Gasteiger partial charge in [0.25, 0.3) is 5.69 Å². The number of hydrogen-bond donors (Lipinski definition) is 0. The Morgan fingerprint density at radius 3 is 2.79 bits per heavy atom. The summed E-state index contributed by atoms with van der Waals surface area (Å²) < 4.78 is 21.4. The van der Waals surface area contributed by atoms with E-state index in [2.05, 4.69) is 16.1 Å². The van der Waals surface area contributed by atoms with Crippen molar-refractivity contribution in [3.8, 4) is 18.0 Å². The molecule has 4 rings (SSSR count). The number of carbonyl (C=O) groups is 1. The lowest BCUT2D eigenvalue weighted by Gasteiger charge is -2.13. The topological polar surface area (TPSA) is 113 Å². The number of nitrogens with zero attached hydrogens (tertiary/aromatic N) is 5. The Morgan fingerprint density at radius 2 is 2.09 bits per heavy atom. The van der Waals surface area contributed by atoms with Crippen molar-refractivity contribution in [2.45, 2.75) is 24.0 Å². The highest BCUT2D eigenvalue weighted by molar-refractivity contribution is 7.99. The number of hydrogen-bond acceptors (Lipinski definition) is 8. The summed E-state index contributed by atoms with van der Waals surface area (Å²) in [5.74, 6) is 2.28. The van der Waals surface area contributed by atoms with E-state index in [0.29, 0.717) is 28.0 Å². The Kier molecular flexibility index (Phi) is 6.70. The summed E-state index contributed by atoms with van der Waals surface area (Å²) in [7, 11) is 1.29. The summed E-state index contributed by atoms with van der Waals surface area (Å²) in [4.78, 5) is 27.6. The summed E-state index contributed by atoms with van der Waals surface area (Å²) in [6.45, 7) is 0. The second-order valence-electron chi connectivity index (χ2n) is 7.22. The van der Waals surface area contributed by atoms with Crippen LogP contribution in [-0.2, 0) is 9.53 Å². The molecular weight excluding hydrogens is 461 g/mol. The molecule has 0 spiro atoms. The number of terminal acetylenes is 1. The highest BCUT2D eigenvalue weighted by atomic mass is 32.2. The van der Waals surface area contributed by atoms with Crippen LogP contribution in [0.4, 0.5) is 10.1 Å². The van der Waals surface area contributed by atoms with Crippen molar-refractivity contribution in [3.05, 3.63) is 75.3 Å². The van der Waals surface area contributed by atoms with Crippen LogP contribution in [0.25, 0.3) is 5.69 Å². The third-order valence-electron chi connectivity index (χ3n) is 5.19. The monoisotopic (exact) mass is 479 g/mol. The fourth-order valence-electron chi connectivity index (χ4n) is 3.65. The lowest BCUT2D eigenvalue weighted by atomic mass is 9.99. The van der Waals surface area contributed by atoms with Crippen LogP contribution in [0.5, 0.6) is 0 Å². The van der Waals surface area contributed by atoms with E-state index >= 15 is 0 Å². The molecule has 1 aromatic heterocycles. The summed E-state index contributed by atoms with van der Waals surface area (Å²) in [5, 5.41) is 20.5. The van der Waals surface area contributed by atoms with Crippen molar-refractivity contribution in [2.24, 2.45) is 4.99 Å². The number of methoxy groups -OCH3 is 1. The molecule has 0 radical (unpaired) electrons. The van der Waals surface area contributed by atoms with Gasteiger partial charge in [0.2, 0.25) is 0 Å². The van der Waals surface area contributed by atoms with Crippen molar-refractivity contribution in [2.75, 3.05) is 12.9 Å². The molecule has 0 saturated carbocycles. The number of aromatic nitrogens is 3. The van der Waals surface area contributed by atoms with Gasteiger partial charge >= 0.3 is 5.97 Å². The molecule has 9 nitrogen and oxygen atoms in total. The number of nitro groups is 1. The number of fused-ring (bicyclic) bond motifs is 3. The average Bonchev–Trinajstić information content (AvgIpc) is 3.20. The lowest BCUT2D eigenvalue weighted by Crippen LogP contribution is -2.10. The first kappa shape index (κ1) is 23.1. The smallest absolute Gasteiger partial charge is 0.305 e. The van der Waals surface area contributed by atoms with Gasteiger partial charge in [-0.15, -0.1) is 16.6 Å². The zero-order valence-electron chi connectivity index (χ0n) is 18.0. The molecule has 0 fully saturated rings. The van der Waals surface area contributed by atoms with Gasteiger partial charge in [-0.2, -0.15) is 0 Å². The van der Waals surface area contributed by atoms with Crippen LogP contribution in [-0.4, -0.2) is 44.2 Å². The van der Waals surface area contributed by atoms with Gasteiger partial charge in [0.15, 0.2) is 11.0 Å². The number of aliphatic imine (C=N–C) groups is 1. The van der Waals surface area contributed by atoms with Gasteiger partial charge in [0.05, 0.1) is 29.2 Å². The van der Waals surface area contributed by atoms with Crippen LogP contribution in [0, 0.1) is 28.3 Å².